The van der Waals surface area contributed by atoms with Crippen LogP contribution in [0.1, 0.15) is 18.0 Å². The van der Waals surface area contributed by atoms with Crippen molar-refractivity contribution in [3.05, 3.63) is 54.4 Å². The van der Waals surface area contributed by atoms with Crippen molar-refractivity contribution in [2.24, 2.45) is 0 Å². The van der Waals surface area contributed by atoms with Gasteiger partial charge in [0.05, 0.1) is 6.33 Å². The van der Waals surface area contributed by atoms with Gasteiger partial charge in [0, 0.05) is 31.5 Å². The monoisotopic (exact) mass is 303 g/mol. The molecule has 0 bridgehead atoms. The van der Waals surface area contributed by atoms with Crippen molar-refractivity contribution in [1.29, 1.82) is 0 Å². The van der Waals surface area contributed by atoms with Crippen LogP contribution in [-0.4, -0.2) is 28.0 Å². The van der Waals surface area contributed by atoms with E-state index in [2.05, 4.69) is 21.2 Å². The Morgan fingerprint density at radius 2 is 2.18 bits per heavy atom. The minimum absolute atomic E-state index is 0.00463. The zero-order chi connectivity index (χ0) is 15.4. The van der Waals surface area contributed by atoms with E-state index >= 15 is 0 Å². The highest BCUT2D eigenvalue weighted by atomic mass is 19.1. The number of benzene rings is 1. The van der Waals surface area contributed by atoms with E-state index in [1.807, 2.05) is 10.8 Å². The topological polar surface area (TPSA) is 71.0 Å². The Morgan fingerprint density at radius 3 is 2.91 bits per heavy atom. The average Bonchev–Trinajstić information content (AvgIpc) is 3.19. The van der Waals surface area contributed by atoms with Gasteiger partial charge in [-0.3, -0.25) is 4.79 Å². The van der Waals surface area contributed by atoms with Gasteiger partial charge >= 0.3 is 0 Å². The van der Waals surface area contributed by atoms with Crippen LogP contribution in [0.2, 0.25) is 0 Å². The van der Waals surface area contributed by atoms with Crippen molar-refractivity contribution in [1.82, 2.24) is 25.7 Å². The van der Waals surface area contributed by atoms with Gasteiger partial charge in [0.1, 0.15) is 11.9 Å². The molecule has 116 valence electrons. The van der Waals surface area contributed by atoms with Gasteiger partial charge in [0.25, 0.3) is 0 Å². The number of hydrazine groups is 1. The molecule has 1 amide bonds. The van der Waals surface area contributed by atoms with Crippen LogP contribution in [0.25, 0.3) is 0 Å². The van der Waals surface area contributed by atoms with Crippen LogP contribution in [0.3, 0.4) is 0 Å². The number of nitrogens with one attached hydrogen (secondary N) is 3. The average molecular weight is 303 g/mol. The molecular formula is C15H18FN5O. The predicted molar refractivity (Wildman–Crippen MR) is 79.1 cm³/mol. The van der Waals surface area contributed by atoms with Crippen molar-refractivity contribution in [3.8, 4) is 0 Å². The molecule has 0 radical (unpaired) electrons. The van der Waals surface area contributed by atoms with Crippen molar-refractivity contribution < 1.29 is 9.18 Å². The molecule has 6 nitrogen and oxygen atoms in total. The van der Waals surface area contributed by atoms with E-state index in [1.165, 1.54) is 12.1 Å². The van der Waals surface area contributed by atoms with Crippen LogP contribution in [0.4, 0.5) is 4.39 Å². The number of imidazole rings is 1. The van der Waals surface area contributed by atoms with Gasteiger partial charge in [0.2, 0.25) is 5.91 Å². The molecular weight excluding hydrogens is 285 g/mol. The third-order valence-corrected chi connectivity index (χ3v) is 3.72. The molecule has 1 aromatic heterocycles. The Bertz CT molecular complexity index is 613. The molecule has 0 aliphatic carbocycles. The molecule has 2 heterocycles. The number of carbonyl (C=O) groups excluding carboxylic acids is 1. The first kappa shape index (κ1) is 14.7. The molecule has 1 aliphatic heterocycles. The third-order valence-electron chi connectivity index (χ3n) is 3.72. The van der Waals surface area contributed by atoms with E-state index in [9.17, 15) is 9.18 Å². The normalized spacial score (nSPS) is 21.0. The first-order chi connectivity index (χ1) is 10.7. The summed E-state index contributed by atoms with van der Waals surface area (Å²) in [4.78, 5) is 16.1. The van der Waals surface area contributed by atoms with E-state index < -0.39 is 0 Å². The first-order valence-electron chi connectivity index (χ1n) is 7.22. The number of hydrogen-bond donors (Lipinski definition) is 3. The smallest absolute Gasteiger partial charge is 0.238 e. The quantitative estimate of drug-likeness (QED) is 0.762. The van der Waals surface area contributed by atoms with Gasteiger partial charge in [0.15, 0.2) is 0 Å². The van der Waals surface area contributed by atoms with Gasteiger partial charge in [-0.25, -0.2) is 20.2 Å². The molecule has 1 aromatic carbocycles. The van der Waals surface area contributed by atoms with Crippen LogP contribution >= 0.6 is 0 Å². The van der Waals surface area contributed by atoms with Gasteiger partial charge in [-0.2, -0.15) is 0 Å². The molecule has 2 aromatic rings. The summed E-state index contributed by atoms with van der Waals surface area (Å²) in [6, 6.07) is 6.02. The van der Waals surface area contributed by atoms with E-state index in [0.29, 0.717) is 19.5 Å². The molecule has 3 N–H and O–H groups in total. The zero-order valence-electron chi connectivity index (χ0n) is 12.0. The minimum Gasteiger partial charge on any atom is -0.353 e. The number of rotatable bonds is 5. The number of nitrogens with zero attached hydrogens (tertiary/aromatic N) is 2. The van der Waals surface area contributed by atoms with Gasteiger partial charge in [-0.15, -0.1) is 0 Å². The number of hydrogen-bond acceptors (Lipinski definition) is 4. The van der Waals surface area contributed by atoms with Gasteiger partial charge in [-0.1, -0.05) is 12.1 Å². The molecule has 7 heteroatoms. The fraction of sp³-hybridized carbons (Fsp3) is 0.333. The summed E-state index contributed by atoms with van der Waals surface area (Å²) in [5.41, 5.74) is 7.03. The molecule has 0 saturated carbocycles. The van der Waals surface area contributed by atoms with E-state index in [1.54, 1.807) is 24.7 Å². The van der Waals surface area contributed by atoms with Crippen molar-refractivity contribution in [3.63, 3.8) is 0 Å². The van der Waals surface area contributed by atoms with Crippen LogP contribution in [0, 0.1) is 5.82 Å². The maximum atomic E-state index is 12.9. The predicted octanol–water partition coefficient (Wildman–Crippen LogP) is 0.746. The minimum atomic E-state index is -0.294. The van der Waals surface area contributed by atoms with Crippen LogP contribution < -0.4 is 16.2 Å². The molecule has 1 fully saturated rings. The van der Waals surface area contributed by atoms with Crippen LogP contribution in [-0.2, 0) is 11.3 Å². The van der Waals surface area contributed by atoms with Crippen molar-refractivity contribution in [2.45, 2.75) is 25.0 Å². The summed E-state index contributed by atoms with van der Waals surface area (Å²) in [5.74, 6) is -0.305. The molecule has 22 heavy (non-hydrogen) atoms. The maximum Gasteiger partial charge on any atom is 0.238 e. The summed E-state index contributed by atoms with van der Waals surface area (Å²) in [5, 5.41) is 2.89. The Hall–Kier alpha value is -2.25. The highest BCUT2D eigenvalue weighted by Crippen LogP contribution is 2.22. The zero-order valence-corrected chi connectivity index (χ0v) is 12.0. The summed E-state index contributed by atoms with van der Waals surface area (Å²) in [7, 11) is 0. The van der Waals surface area contributed by atoms with Crippen molar-refractivity contribution in [2.75, 3.05) is 6.54 Å². The fourth-order valence-corrected chi connectivity index (χ4v) is 2.49. The van der Waals surface area contributed by atoms with E-state index in [0.717, 1.165) is 5.56 Å². The summed E-state index contributed by atoms with van der Waals surface area (Å²) in [6.45, 7) is 1.24. The van der Waals surface area contributed by atoms with E-state index in [-0.39, 0.29) is 23.8 Å². The highest BCUT2D eigenvalue weighted by Gasteiger charge is 2.29. The number of halogens is 1. The SMILES string of the molecule is O=C(NCCn1ccnc1)C1CC(c2ccc(F)cc2)NN1. The standard InChI is InChI=1S/C15H18FN5O/c16-12-3-1-11(2-4-12)13-9-14(20-19-13)15(22)18-6-8-21-7-5-17-10-21/h1-5,7,10,13-14,19-20H,6,8-9H2,(H,18,22). The lowest BCUT2D eigenvalue weighted by atomic mass is 10.0. The second-order valence-electron chi connectivity index (χ2n) is 5.27. The Balaban J connectivity index is 1.47. The second-order valence-corrected chi connectivity index (χ2v) is 5.27. The lowest BCUT2D eigenvalue weighted by molar-refractivity contribution is -0.122. The lowest BCUT2D eigenvalue weighted by Gasteiger charge is -2.11. The van der Waals surface area contributed by atoms with E-state index in [4.69, 9.17) is 0 Å². The largest absolute Gasteiger partial charge is 0.353 e. The van der Waals surface area contributed by atoms with Crippen LogP contribution in [0.5, 0.6) is 0 Å². The Labute approximate surface area is 127 Å². The van der Waals surface area contributed by atoms with Gasteiger partial charge < -0.3 is 9.88 Å². The van der Waals surface area contributed by atoms with Gasteiger partial charge in [-0.05, 0) is 24.1 Å². The van der Waals surface area contributed by atoms with Crippen LogP contribution in [0.15, 0.2) is 43.0 Å². The number of amides is 1. The summed E-state index contributed by atoms with van der Waals surface area (Å²) < 4.78 is 14.8. The molecule has 1 aliphatic rings. The molecule has 3 rings (SSSR count). The fourth-order valence-electron chi connectivity index (χ4n) is 2.49. The first-order valence-corrected chi connectivity index (χ1v) is 7.22. The molecule has 0 spiro atoms. The highest BCUT2D eigenvalue weighted by molar-refractivity contribution is 5.82. The summed E-state index contributed by atoms with van der Waals surface area (Å²) in [6.07, 6.45) is 5.90. The van der Waals surface area contributed by atoms with Crippen molar-refractivity contribution >= 4 is 5.91 Å². The molecule has 2 atom stereocenters. The summed E-state index contributed by atoms with van der Waals surface area (Å²) >= 11 is 0. The number of carbonyl (C=O) groups is 1. The Kier molecular flexibility index (Phi) is 4.45. The number of aromatic nitrogens is 2. The molecule has 1 saturated heterocycles. The second kappa shape index (κ2) is 6.67. The Morgan fingerprint density at radius 1 is 1.36 bits per heavy atom. The molecule has 2 unspecified atom stereocenters. The maximum absolute atomic E-state index is 12.9. The lowest BCUT2D eigenvalue weighted by Crippen LogP contribution is -2.43. The third kappa shape index (κ3) is 3.49.